The Bertz CT molecular complexity index is 523. The fourth-order valence-electron chi connectivity index (χ4n) is 2.53. The Morgan fingerprint density at radius 3 is 3.06 bits per heavy atom. The highest BCUT2D eigenvalue weighted by molar-refractivity contribution is 5.36. The summed E-state index contributed by atoms with van der Waals surface area (Å²) in [4.78, 5) is 8.85. The second kappa shape index (κ2) is 3.56. The van der Waals surface area contributed by atoms with Gasteiger partial charge >= 0.3 is 0 Å². The van der Waals surface area contributed by atoms with Gasteiger partial charge in [-0.3, -0.25) is 4.40 Å². The van der Waals surface area contributed by atoms with Crippen molar-refractivity contribution in [2.45, 2.75) is 32.7 Å². The summed E-state index contributed by atoms with van der Waals surface area (Å²) in [5.74, 6) is 0.821. The number of hydrogen-bond donors (Lipinski definition) is 1. The van der Waals surface area contributed by atoms with Crippen molar-refractivity contribution in [2.75, 3.05) is 6.54 Å². The molecule has 0 amide bonds. The van der Waals surface area contributed by atoms with Crippen molar-refractivity contribution in [3.8, 4) is 0 Å². The molecular formula is C12H16N4. The predicted octanol–water partition coefficient (Wildman–Crippen LogP) is 1.77. The molecule has 1 fully saturated rings. The van der Waals surface area contributed by atoms with E-state index >= 15 is 0 Å². The van der Waals surface area contributed by atoms with Gasteiger partial charge in [-0.25, -0.2) is 9.97 Å². The van der Waals surface area contributed by atoms with Gasteiger partial charge in [-0.1, -0.05) is 0 Å². The number of nitrogens with zero attached hydrogens (tertiary/aromatic N) is 3. The number of fused-ring (bicyclic) bond motifs is 1. The van der Waals surface area contributed by atoms with Crippen molar-refractivity contribution in [3.63, 3.8) is 0 Å². The summed E-state index contributed by atoms with van der Waals surface area (Å²) in [5.41, 5.74) is 3.49. The normalized spacial score (nSPS) is 20.8. The van der Waals surface area contributed by atoms with E-state index in [-0.39, 0.29) is 0 Å². The molecule has 0 spiro atoms. The first-order valence-corrected chi connectivity index (χ1v) is 5.81. The molecule has 1 aliphatic heterocycles. The summed E-state index contributed by atoms with van der Waals surface area (Å²) < 4.78 is 2.16. The summed E-state index contributed by atoms with van der Waals surface area (Å²) >= 11 is 0. The maximum atomic E-state index is 4.45. The van der Waals surface area contributed by atoms with Crippen LogP contribution in [0.4, 0.5) is 0 Å². The SMILES string of the molecule is Cc1cc(C)n2c(C3CCCN3)cnc2n1. The van der Waals surface area contributed by atoms with Crippen LogP contribution in [0.5, 0.6) is 0 Å². The molecule has 3 heterocycles. The number of imidazole rings is 1. The van der Waals surface area contributed by atoms with Crippen LogP contribution in [0.15, 0.2) is 12.3 Å². The van der Waals surface area contributed by atoms with Crippen molar-refractivity contribution < 1.29 is 0 Å². The Hall–Kier alpha value is -1.42. The number of nitrogens with one attached hydrogen (secondary N) is 1. The van der Waals surface area contributed by atoms with Crippen molar-refractivity contribution >= 4 is 5.78 Å². The minimum absolute atomic E-state index is 0.443. The maximum Gasteiger partial charge on any atom is 0.234 e. The van der Waals surface area contributed by atoms with Gasteiger partial charge in [0.05, 0.1) is 11.9 Å². The molecule has 0 saturated carbocycles. The molecule has 16 heavy (non-hydrogen) atoms. The van der Waals surface area contributed by atoms with Crippen molar-refractivity contribution in [1.29, 1.82) is 0 Å². The highest BCUT2D eigenvalue weighted by Gasteiger charge is 2.20. The zero-order chi connectivity index (χ0) is 11.1. The maximum absolute atomic E-state index is 4.45. The summed E-state index contributed by atoms with van der Waals surface area (Å²) in [6, 6.07) is 2.55. The third-order valence-corrected chi connectivity index (χ3v) is 3.23. The van der Waals surface area contributed by atoms with Crippen LogP contribution < -0.4 is 5.32 Å². The Labute approximate surface area is 94.7 Å². The lowest BCUT2D eigenvalue weighted by atomic mass is 10.2. The average molecular weight is 216 g/mol. The van der Waals surface area contributed by atoms with E-state index in [0.29, 0.717) is 6.04 Å². The van der Waals surface area contributed by atoms with Crippen molar-refractivity contribution in [1.82, 2.24) is 19.7 Å². The summed E-state index contributed by atoms with van der Waals surface area (Å²) in [6.45, 7) is 5.23. The zero-order valence-corrected chi connectivity index (χ0v) is 9.70. The van der Waals surface area contributed by atoms with E-state index in [2.05, 4.69) is 32.7 Å². The van der Waals surface area contributed by atoms with Gasteiger partial charge in [-0.15, -0.1) is 0 Å². The predicted molar refractivity (Wildman–Crippen MR) is 62.4 cm³/mol. The Balaban J connectivity index is 2.18. The topological polar surface area (TPSA) is 42.2 Å². The van der Waals surface area contributed by atoms with E-state index in [1.807, 2.05) is 13.1 Å². The molecule has 4 heteroatoms. The van der Waals surface area contributed by atoms with Crippen LogP contribution >= 0.6 is 0 Å². The van der Waals surface area contributed by atoms with Gasteiger partial charge in [0.25, 0.3) is 0 Å². The minimum Gasteiger partial charge on any atom is -0.309 e. The van der Waals surface area contributed by atoms with Gasteiger partial charge in [-0.2, -0.15) is 0 Å². The third-order valence-electron chi connectivity index (χ3n) is 3.23. The molecule has 0 radical (unpaired) electrons. The second-order valence-electron chi connectivity index (χ2n) is 4.51. The first-order chi connectivity index (χ1) is 7.75. The van der Waals surface area contributed by atoms with Gasteiger partial charge in [0.1, 0.15) is 0 Å². The van der Waals surface area contributed by atoms with Gasteiger partial charge in [0, 0.05) is 17.4 Å². The van der Waals surface area contributed by atoms with Crippen LogP contribution in [0.3, 0.4) is 0 Å². The van der Waals surface area contributed by atoms with Crippen molar-refractivity contribution in [2.24, 2.45) is 0 Å². The highest BCUT2D eigenvalue weighted by Crippen LogP contribution is 2.24. The summed E-state index contributed by atoms with van der Waals surface area (Å²) in [5, 5.41) is 3.50. The van der Waals surface area contributed by atoms with Crippen LogP contribution in [0.2, 0.25) is 0 Å². The molecule has 1 atom stereocenters. The largest absolute Gasteiger partial charge is 0.309 e. The smallest absolute Gasteiger partial charge is 0.234 e. The fraction of sp³-hybridized carbons (Fsp3) is 0.500. The molecule has 84 valence electrons. The zero-order valence-electron chi connectivity index (χ0n) is 9.70. The monoisotopic (exact) mass is 216 g/mol. The van der Waals surface area contributed by atoms with Crippen LogP contribution in [0.1, 0.15) is 36.0 Å². The molecule has 0 bridgehead atoms. The summed E-state index contributed by atoms with van der Waals surface area (Å²) in [6.07, 6.45) is 4.40. The van der Waals surface area contributed by atoms with E-state index in [9.17, 15) is 0 Å². The Morgan fingerprint density at radius 1 is 1.44 bits per heavy atom. The molecule has 1 saturated heterocycles. The lowest BCUT2D eigenvalue weighted by molar-refractivity contribution is 0.619. The molecule has 2 aromatic rings. The molecule has 3 rings (SSSR count). The third kappa shape index (κ3) is 1.41. The first kappa shape index (κ1) is 9.78. The number of hydrogen-bond acceptors (Lipinski definition) is 3. The summed E-state index contributed by atoms with van der Waals surface area (Å²) in [7, 11) is 0. The van der Waals surface area contributed by atoms with Gasteiger partial charge < -0.3 is 5.32 Å². The van der Waals surface area contributed by atoms with Gasteiger partial charge in [-0.05, 0) is 39.3 Å². The molecular weight excluding hydrogens is 200 g/mol. The Morgan fingerprint density at radius 2 is 2.31 bits per heavy atom. The Kier molecular flexibility index (Phi) is 2.17. The molecule has 1 N–H and O–H groups in total. The lowest BCUT2D eigenvalue weighted by Crippen LogP contribution is -2.15. The molecule has 0 aliphatic carbocycles. The van der Waals surface area contributed by atoms with E-state index < -0.39 is 0 Å². The quantitative estimate of drug-likeness (QED) is 0.790. The number of aryl methyl sites for hydroxylation is 2. The lowest BCUT2D eigenvalue weighted by Gasteiger charge is -2.11. The number of aromatic nitrogens is 3. The first-order valence-electron chi connectivity index (χ1n) is 5.81. The molecule has 0 aromatic carbocycles. The van der Waals surface area contributed by atoms with E-state index in [4.69, 9.17) is 0 Å². The minimum atomic E-state index is 0.443. The fourth-order valence-corrected chi connectivity index (χ4v) is 2.53. The molecule has 4 nitrogen and oxygen atoms in total. The number of rotatable bonds is 1. The second-order valence-corrected chi connectivity index (χ2v) is 4.51. The molecule has 2 aromatic heterocycles. The van der Waals surface area contributed by atoms with E-state index in [0.717, 1.165) is 18.0 Å². The van der Waals surface area contributed by atoms with Crippen LogP contribution in [0, 0.1) is 13.8 Å². The van der Waals surface area contributed by atoms with Gasteiger partial charge in [0.15, 0.2) is 0 Å². The average Bonchev–Trinajstić information content (AvgIpc) is 2.82. The standard InChI is InChI=1S/C12H16N4/c1-8-6-9(2)16-11(7-14-12(16)15-8)10-4-3-5-13-10/h6-7,10,13H,3-5H2,1-2H3. The van der Waals surface area contributed by atoms with Gasteiger partial charge in [0.2, 0.25) is 5.78 Å². The molecule has 1 unspecified atom stereocenters. The van der Waals surface area contributed by atoms with Crippen LogP contribution in [-0.2, 0) is 0 Å². The van der Waals surface area contributed by atoms with Crippen LogP contribution in [0.25, 0.3) is 5.78 Å². The van der Waals surface area contributed by atoms with E-state index in [1.165, 1.54) is 24.2 Å². The van der Waals surface area contributed by atoms with E-state index in [1.54, 1.807) is 0 Å². The highest BCUT2D eigenvalue weighted by atomic mass is 15.1. The molecule has 1 aliphatic rings. The van der Waals surface area contributed by atoms with Crippen molar-refractivity contribution in [3.05, 3.63) is 29.3 Å². The van der Waals surface area contributed by atoms with Crippen LogP contribution in [-0.4, -0.2) is 20.9 Å².